The molecule has 0 aromatic carbocycles. The van der Waals surface area contributed by atoms with Crippen LogP contribution in [0.5, 0.6) is 0 Å². The second kappa shape index (κ2) is 4.59. The van der Waals surface area contributed by atoms with E-state index in [2.05, 4.69) is 10.00 Å². The molecule has 0 spiro atoms. The Balaban J connectivity index is 2.08. The number of hydroxylamine groups is 1. The zero-order valence-corrected chi connectivity index (χ0v) is 9.20. The molecule has 0 atom stereocenters. The van der Waals surface area contributed by atoms with Crippen molar-refractivity contribution in [1.29, 1.82) is 0 Å². The number of nitrogens with zero attached hydrogens (tertiary/aromatic N) is 3. The van der Waals surface area contributed by atoms with Gasteiger partial charge in [0.25, 0.3) is 0 Å². The van der Waals surface area contributed by atoms with Gasteiger partial charge in [0.15, 0.2) is 5.82 Å². The highest BCUT2D eigenvalue weighted by atomic mass is 32.1. The molecule has 0 amide bonds. The fraction of sp³-hybridized carbons (Fsp3) is 0.556. The number of nitrogens with one attached hydrogen (secondary N) is 1. The number of aromatic nitrogens is 2. The molecule has 2 heterocycles. The molecule has 0 unspecified atom stereocenters. The third kappa shape index (κ3) is 2.27. The van der Waals surface area contributed by atoms with Crippen LogP contribution >= 0.6 is 12.2 Å². The third-order valence-electron chi connectivity index (χ3n) is 2.56. The molecule has 0 radical (unpaired) electrons. The highest BCUT2D eigenvalue weighted by molar-refractivity contribution is 7.80. The first kappa shape index (κ1) is 10.4. The summed E-state index contributed by atoms with van der Waals surface area (Å²) in [5.41, 5.74) is 1.91. The average molecular weight is 226 g/mol. The van der Waals surface area contributed by atoms with Gasteiger partial charge in [0, 0.05) is 25.4 Å². The SMILES string of the molecule is ONC(=S)n1ccc(N2CCCCC2)n1. The van der Waals surface area contributed by atoms with Crippen molar-refractivity contribution in [3.63, 3.8) is 0 Å². The minimum atomic E-state index is 0.193. The second-order valence-electron chi connectivity index (χ2n) is 3.58. The Kier molecular flexibility index (Phi) is 3.17. The molecule has 1 fully saturated rings. The number of thiocarbonyl (C=S) groups is 1. The maximum atomic E-state index is 8.64. The largest absolute Gasteiger partial charge is 0.355 e. The first-order valence-corrected chi connectivity index (χ1v) is 5.47. The van der Waals surface area contributed by atoms with Crippen LogP contribution in [-0.4, -0.2) is 33.2 Å². The summed E-state index contributed by atoms with van der Waals surface area (Å²) >= 11 is 4.86. The van der Waals surface area contributed by atoms with Gasteiger partial charge in [0.2, 0.25) is 5.11 Å². The van der Waals surface area contributed by atoms with Crippen LogP contribution in [0.2, 0.25) is 0 Å². The Bertz CT molecular complexity index is 346. The number of piperidine rings is 1. The van der Waals surface area contributed by atoms with Crippen LogP contribution in [0.15, 0.2) is 12.3 Å². The van der Waals surface area contributed by atoms with E-state index >= 15 is 0 Å². The molecule has 1 saturated heterocycles. The first-order valence-electron chi connectivity index (χ1n) is 5.06. The van der Waals surface area contributed by atoms with Crippen LogP contribution in [0.1, 0.15) is 19.3 Å². The molecule has 1 aliphatic rings. The van der Waals surface area contributed by atoms with Crippen LogP contribution in [-0.2, 0) is 0 Å². The number of rotatable bonds is 1. The van der Waals surface area contributed by atoms with Gasteiger partial charge in [-0.25, -0.2) is 10.2 Å². The van der Waals surface area contributed by atoms with Crippen LogP contribution in [0.25, 0.3) is 0 Å². The van der Waals surface area contributed by atoms with Crippen molar-refractivity contribution in [3.8, 4) is 0 Å². The maximum Gasteiger partial charge on any atom is 0.218 e. The van der Waals surface area contributed by atoms with Gasteiger partial charge in [0.05, 0.1) is 0 Å². The van der Waals surface area contributed by atoms with Crippen molar-refractivity contribution >= 4 is 23.1 Å². The Morgan fingerprint density at radius 1 is 1.40 bits per heavy atom. The van der Waals surface area contributed by atoms with Crippen molar-refractivity contribution in [3.05, 3.63) is 12.3 Å². The molecule has 0 saturated carbocycles. The summed E-state index contributed by atoms with van der Waals surface area (Å²) in [6, 6.07) is 1.91. The molecule has 6 heteroatoms. The Hall–Kier alpha value is -1.14. The Morgan fingerprint density at radius 2 is 2.13 bits per heavy atom. The summed E-state index contributed by atoms with van der Waals surface area (Å²) < 4.78 is 1.46. The fourth-order valence-corrected chi connectivity index (χ4v) is 1.87. The minimum Gasteiger partial charge on any atom is -0.355 e. The van der Waals surface area contributed by atoms with Crippen molar-refractivity contribution in [1.82, 2.24) is 15.3 Å². The minimum absolute atomic E-state index is 0.193. The van der Waals surface area contributed by atoms with Gasteiger partial charge in [-0.3, -0.25) is 5.21 Å². The molecule has 2 rings (SSSR count). The first-order chi connectivity index (χ1) is 7.31. The molecule has 0 bridgehead atoms. The molecule has 1 aliphatic heterocycles. The Morgan fingerprint density at radius 3 is 2.80 bits per heavy atom. The van der Waals surface area contributed by atoms with E-state index in [0.29, 0.717) is 0 Å². The van der Waals surface area contributed by atoms with Gasteiger partial charge in [-0.1, -0.05) is 0 Å². The quantitative estimate of drug-likeness (QED) is 0.552. The van der Waals surface area contributed by atoms with Gasteiger partial charge >= 0.3 is 0 Å². The van der Waals surface area contributed by atoms with Crippen molar-refractivity contribution in [2.24, 2.45) is 0 Å². The molecular weight excluding hydrogens is 212 g/mol. The van der Waals surface area contributed by atoms with E-state index in [-0.39, 0.29) is 5.11 Å². The van der Waals surface area contributed by atoms with E-state index < -0.39 is 0 Å². The lowest BCUT2D eigenvalue weighted by atomic mass is 10.1. The van der Waals surface area contributed by atoms with E-state index in [1.165, 1.54) is 23.9 Å². The standard InChI is InChI=1S/C9H14N4OS/c14-11-9(15)13-7-4-8(10-13)12-5-2-1-3-6-12/h4,7,14H,1-3,5-6H2,(H,11,15). The molecule has 2 N–H and O–H groups in total. The summed E-state index contributed by atoms with van der Waals surface area (Å²) in [7, 11) is 0. The Labute approximate surface area is 93.6 Å². The van der Waals surface area contributed by atoms with Crippen LogP contribution in [0, 0.1) is 0 Å². The molecule has 0 aliphatic carbocycles. The lowest BCUT2D eigenvalue weighted by molar-refractivity contribution is 0.232. The summed E-state index contributed by atoms with van der Waals surface area (Å²) in [6.07, 6.45) is 5.48. The smallest absolute Gasteiger partial charge is 0.218 e. The van der Waals surface area contributed by atoms with Gasteiger partial charge in [-0.05, 0) is 31.5 Å². The summed E-state index contributed by atoms with van der Waals surface area (Å²) in [4.78, 5) is 2.24. The molecule has 1 aromatic rings. The van der Waals surface area contributed by atoms with Crippen molar-refractivity contribution < 1.29 is 5.21 Å². The molecular formula is C9H14N4OS. The van der Waals surface area contributed by atoms with Crippen LogP contribution in [0.3, 0.4) is 0 Å². The predicted octanol–water partition coefficient (Wildman–Crippen LogP) is 0.985. The highest BCUT2D eigenvalue weighted by Crippen LogP contribution is 2.16. The van der Waals surface area contributed by atoms with Gasteiger partial charge < -0.3 is 4.90 Å². The van der Waals surface area contributed by atoms with Crippen molar-refractivity contribution in [2.75, 3.05) is 18.0 Å². The van der Waals surface area contributed by atoms with Crippen molar-refractivity contribution in [2.45, 2.75) is 19.3 Å². The van der Waals surface area contributed by atoms with E-state index in [0.717, 1.165) is 18.9 Å². The van der Waals surface area contributed by atoms with Crippen LogP contribution < -0.4 is 10.4 Å². The van der Waals surface area contributed by atoms with Gasteiger partial charge in [0.1, 0.15) is 0 Å². The summed E-state index contributed by atoms with van der Waals surface area (Å²) in [5.74, 6) is 0.923. The van der Waals surface area contributed by atoms with Gasteiger partial charge in [-0.15, -0.1) is 5.10 Å². The zero-order valence-electron chi connectivity index (χ0n) is 8.39. The zero-order chi connectivity index (χ0) is 10.7. The summed E-state index contributed by atoms with van der Waals surface area (Å²) in [5, 5.41) is 13.1. The number of anilines is 1. The average Bonchev–Trinajstić information content (AvgIpc) is 2.78. The summed E-state index contributed by atoms with van der Waals surface area (Å²) in [6.45, 7) is 2.10. The van der Waals surface area contributed by atoms with Gasteiger partial charge in [-0.2, -0.15) is 0 Å². The normalized spacial score (nSPS) is 16.5. The fourth-order valence-electron chi connectivity index (χ4n) is 1.77. The lowest BCUT2D eigenvalue weighted by Crippen LogP contribution is -2.30. The third-order valence-corrected chi connectivity index (χ3v) is 2.84. The van der Waals surface area contributed by atoms with E-state index in [1.54, 1.807) is 6.20 Å². The van der Waals surface area contributed by atoms with E-state index in [1.807, 2.05) is 11.5 Å². The molecule has 5 nitrogen and oxygen atoms in total. The lowest BCUT2D eigenvalue weighted by Gasteiger charge is -2.26. The number of hydrogen-bond acceptors (Lipinski definition) is 4. The monoisotopic (exact) mass is 226 g/mol. The van der Waals surface area contributed by atoms with E-state index in [9.17, 15) is 0 Å². The topological polar surface area (TPSA) is 53.3 Å². The molecule has 82 valence electrons. The molecule has 1 aromatic heterocycles. The number of hydrogen-bond donors (Lipinski definition) is 2. The van der Waals surface area contributed by atoms with Crippen LogP contribution in [0.4, 0.5) is 5.82 Å². The predicted molar refractivity (Wildman–Crippen MR) is 61.2 cm³/mol. The highest BCUT2D eigenvalue weighted by Gasteiger charge is 2.13. The second-order valence-corrected chi connectivity index (χ2v) is 3.97. The van der Waals surface area contributed by atoms with E-state index in [4.69, 9.17) is 17.4 Å². The molecule has 15 heavy (non-hydrogen) atoms. The maximum absolute atomic E-state index is 8.64.